The third-order valence-corrected chi connectivity index (χ3v) is 3.91. The van der Waals surface area contributed by atoms with Crippen LogP contribution < -0.4 is 5.32 Å². The molecule has 21 heavy (non-hydrogen) atoms. The lowest BCUT2D eigenvalue weighted by atomic mass is 10.1. The SMILES string of the molecule is CCCn1cc(C(=O)NCCCCC2CCCO2)c(C)n1. The topological polar surface area (TPSA) is 56.2 Å². The number of hydrogen-bond acceptors (Lipinski definition) is 3. The van der Waals surface area contributed by atoms with Crippen molar-refractivity contribution >= 4 is 5.91 Å². The molecule has 2 heterocycles. The molecule has 1 atom stereocenters. The first-order valence-electron chi connectivity index (χ1n) is 8.14. The summed E-state index contributed by atoms with van der Waals surface area (Å²) in [7, 11) is 0. The highest BCUT2D eigenvalue weighted by atomic mass is 16.5. The molecule has 1 unspecified atom stereocenters. The second-order valence-corrected chi connectivity index (χ2v) is 5.78. The number of carbonyl (C=O) groups excluding carboxylic acids is 1. The van der Waals surface area contributed by atoms with Crippen molar-refractivity contribution in [1.29, 1.82) is 0 Å². The van der Waals surface area contributed by atoms with E-state index in [2.05, 4.69) is 17.3 Å². The Kier molecular flexibility index (Phi) is 6.23. The Balaban J connectivity index is 1.66. The molecule has 5 heteroatoms. The third kappa shape index (κ3) is 4.84. The number of nitrogens with zero attached hydrogens (tertiary/aromatic N) is 2. The van der Waals surface area contributed by atoms with Gasteiger partial charge in [0, 0.05) is 25.9 Å². The van der Waals surface area contributed by atoms with E-state index in [-0.39, 0.29) is 5.91 Å². The summed E-state index contributed by atoms with van der Waals surface area (Å²) < 4.78 is 7.44. The van der Waals surface area contributed by atoms with Crippen LogP contribution in [-0.4, -0.2) is 34.9 Å². The number of ether oxygens (including phenoxy) is 1. The van der Waals surface area contributed by atoms with Gasteiger partial charge in [-0.2, -0.15) is 5.10 Å². The zero-order valence-electron chi connectivity index (χ0n) is 13.2. The van der Waals surface area contributed by atoms with E-state index in [9.17, 15) is 4.79 Å². The summed E-state index contributed by atoms with van der Waals surface area (Å²) in [4.78, 5) is 12.1. The average molecular weight is 293 g/mol. The van der Waals surface area contributed by atoms with E-state index in [1.165, 1.54) is 12.8 Å². The number of carbonyl (C=O) groups is 1. The number of rotatable bonds is 8. The maximum atomic E-state index is 12.1. The Hall–Kier alpha value is -1.36. The highest BCUT2D eigenvalue weighted by molar-refractivity contribution is 5.94. The summed E-state index contributed by atoms with van der Waals surface area (Å²) in [5, 5.41) is 7.34. The normalized spacial score (nSPS) is 18.1. The molecule has 1 aliphatic heterocycles. The minimum atomic E-state index is -0.00744. The monoisotopic (exact) mass is 293 g/mol. The molecule has 118 valence electrons. The Morgan fingerprint density at radius 1 is 1.52 bits per heavy atom. The molecule has 1 aromatic heterocycles. The quantitative estimate of drug-likeness (QED) is 0.750. The summed E-state index contributed by atoms with van der Waals surface area (Å²) in [5.41, 5.74) is 1.50. The second kappa shape index (κ2) is 8.17. The van der Waals surface area contributed by atoms with Gasteiger partial charge in [-0.25, -0.2) is 0 Å². The number of unbranched alkanes of at least 4 members (excludes halogenated alkanes) is 1. The van der Waals surface area contributed by atoms with Crippen molar-refractivity contribution in [2.45, 2.75) is 65.0 Å². The summed E-state index contributed by atoms with van der Waals surface area (Å²) in [6.45, 7) is 6.49. The lowest BCUT2D eigenvalue weighted by molar-refractivity contribution is 0.0946. The van der Waals surface area contributed by atoms with Crippen molar-refractivity contribution in [2.24, 2.45) is 0 Å². The Labute approximate surface area is 127 Å². The highest BCUT2D eigenvalue weighted by Crippen LogP contribution is 2.17. The lowest BCUT2D eigenvalue weighted by Gasteiger charge is -2.09. The summed E-state index contributed by atoms with van der Waals surface area (Å²) >= 11 is 0. The molecule has 0 aromatic carbocycles. The summed E-state index contributed by atoms with van der Waals surface area (Å²) in [5.74, 6) is -0.00744. The van der Waals surface area contributed by atoms with Gasteiger partial charge in [-0.05, 0) is 45.4 Å². The van der Waals surface area contributed by atoms with Crippen LogP contribution in [0.2, 0.25) is 0 Å². The number of aromatic nitrogens is 2. The third-order valence-electron chi connectivity index (χ3n) is 3.91. The molecule has 0 spiro atoms. The Morgan fingerprint density at radius 2 is 2.38 bits per heavy atom. The van der Waals surface area contributed by atoms with Crippen LogP contribution in [0.3, 0.4) is 0 Å². The molecule has 0 aliphatic carbocycles. The van der Waals surface area contributed by atoms with Crippen LogP contribution in [0.4, 0.5) is 0 Å². The Bertz CT molecular complexity index is 450. The van der Waals surface area contributed by atoms with Gasteiger partial charge >= 0.3 is 0 Å². The largest absolute Gasteiger partial charge is 0.378 e. The first-order valence-corrected chi connectivity index (χ1v) is 8.14. The van der Waals surface area contributed by atoms with Gasteiger partial charge in [-0.1, -0.05) is 6.92 Å². The molecule has 2 rings (SSSR count). The van der Waals surface area contributed by atoms with Crippen molar-refractivity contribution in [2.75, 3.05) is 13.2 Å². The van der Waals surface area contributed by atoms with Crippen LogP contribution in [0.5, 0.6) is 0 Å². The predicted molar refractivity (Wildman–Crippen MR) is 82.4 cm³/mol. The maximum Gasteiger partial charge on any atom is 0.254 e. The highest BCUT2D eigenvalue weighted by Gasteiger charge is 2.15. The van der Waals surface area contributed by atoms with Gasteiger partial charge in [0.1, 0.15) is 0 Å². The molecule has 0 bridgehead atoms. The minimum Gasteiger partial charge on any atom is -0.378 e. The van der Waals surface area contributed by atoms with E-state index in [4.69, 9.17) is 4.74 Å². The van der Waals surface area contributed by atoms with Gasteiger partial charge in [0.2, 0.25) is 0 Å². The number of amides is 1. The van der Waals surface area contributed by atoms with Crippen molar-refractivity contribution < 1.29 is 9.53 Å². The second-order valence-electron chi connectivity index (χ2n) is 5.78. The molecule has 1 N–H and O–H groups in total. The predicted octanol–water partition coefficient (Wildman–Crippen LogP) is 2.68. The fourth-order valence-corrected chi connectivity index (χ4v) is 2.75. The van der Waals surface area contributed by atoms with Crippen LogP contribution in [-0.2, 0) is 11.3 Å². The molecule has 1 saturated heterocycles. The molecule has 0 saturated carbocycles. The zero-order chi connectivity index (χ0) is 15.1. The summed E-state index contributed by atoms with van der Waals surface area (Å²) in [6, 6.07) is 0. The molecule has 1 fully saturated rings. The van der Waals surface area contributed by atoms with E-state index in [0.717, 1.165) is 51.1 Å². The number of aryl methyl sites for hydroxylation is 2. The van der Waals surface area contributed by atoms with Crippen LogP contribution in [0.25, 0.3) is 0 Å². The van der Waals surface area contributed by atoms with Crippen molar-refractivity contribution in [3.8, 4) is 0 Å². The van der Waals surface area contributed by atoms with Gasteiger partial charge in [-0.15, -0.1) is 0 Å². The van der Waals surface area contributed by atoms with Crippen LogP contribution in [0, 0.1) is 6.92 Å². The molecular formula is C16H27N3O2. The lowest BCUT2D eigenvalue weighted by Crippen LogP contribution is -2.25. The van der Waals surface area contributed by atoms with E-state index < -0.39 is 0 Å². The van der Waals surface area contributed by atoms with Crippen molar-refractivity contribution in [1.82, 2.24) is 15.1 Å². The minimum absolute atomic E-state index is 0.00744. The van der Waals surface area contributed by atoms with Crippen LogP contribution in [0.15, 0.2) is 6.20 Å². The molecule has 1 amide bonds. The van der Waals surface area contributed by atoms with Crippen LogP contribution in [0.1, 0.15) is 61.5 Å². The van der Waals surface area contributed by atoms with Gasteiger partial charge in [-0.3, -0.25) is 9.48 Å². The van der Waals surface area contributed by atoms with E-state index in [0.29, 0.717) is 11.7 Å². The van der Waals surface area contributed by atoms with E-state index in [1.807, 2.05) is 17.8 Å². The first kappa shape index (κ1) is 16.0. The molecule has 1 aromatic rings. The number of hydrogen-bond donors (Lipinski definition) is 1. The molecule has 0 radical (unpaired) electrons. The van der Waals surface area contributed by atoms with Crippen LogP contribution >= 0.6 is 0 Å². The summed E-state index contributed by atoms with van der Waals surface area (Å²) in [6.07, 6.45) is 8.95. The molecule has 1 aliphatic rings. The fourth-order valence-electron chi connectivity index (χ4n) is 2.75. The van der Waals surface area contributed by atoms with E-state index >= 15 is 0 Å². The first-order chi connectivity index (χ1) is 10.2. The Morgan fingerprint density at radius 3 is 3.10 bits per heavy atom. The van der Waals surface area contributed by atoms with Gasteiger partial charge < -0.3 is 10.1 Å². The zero-order valence-corrected chi connectivity index (χ0v) is 13.2. The standard InChI is InChI=1S/C16H27N3O2/c1-3-10-19-12-15(13(2)18-19)16(20)17-9-5-4-7-14-8-6-11-21-14/h12,14H,3-11H2,1-2H3,(H,17,20). The van der Waals surface area contributed by atoms with Gasteiger partial charge in [0.25, 0.3) is 5.91 Å². The van der Waals surface area contributed by atoms with Crippen molar-refractivity contribution in [3.63, 3.8) is 0 Å². The van der Waals surface area contributed by atoms with Gasteiger partial charge in [0.15, 0.2) is 0 Å². The van der Waals surface area contributed by atoms with E-state index in [1.54, 1.807) is 0 Å². The van der Waals surface area contributed by atoms with Gasteiger partial charge in [0.05, 0.1) is 17.4 Å². The smallest absolute Gasteiger partial charge is 0.254 e. The average Bonchev–Trinajstić information content (AvgIpc) is 3.08. The maximum absolute atomic E-state index is 12.1. The molecule has 5 nitrogen and oxygen atoms in total. The fraction of sp³-hybridized carbons (Fsp3) is 0.750. The molecular weight excluding hydrogens is 266 g/mol. The van der Waals surface area contributed by atoms with Crippen molar-refractivity contribution in [3.05, 3.63) is 17.5 Å². The number of nitrogens with one attached hydrogen (secondary N) is 1.